The zero-order valence-corrected chi connectivity index (χ0v) is 10.7. The van der Waals surface area contributed by atoms with E-state index in [9.17, 15) is 4.79 Å². The molecule has 0 unspecified atom stereocenters. The maximum absolute atomic E-state index is 11.6. The highest BCUT2D eigenvalue weighted by Crippen LogP contribution is 2.25. The summed E-state index contributed by atoms with van der Waals surface area (Å²) in [5.41, 5.74) is 8.63. The number of benzene rings is 1. The Morgan fingerprint density at radius 3 is 2.68 bits per heavy atom. The van der Waals surface area contributed by atoms with Crippen LogP contribution in [0.3, 0.4) is 0 Å². The Morgan fingerprint density at radius 1 is 1.37 bits per heavy atom. The van der Waals surface area contributed by atoms with E-state index in [1.807, 2.05) is 6.07 Å². The molecule has 0 saturated carbocycles. The van der Waals surface area contributed by atoms with Crippen LogP contribution in [0.2, 0.25) is 0 Å². The van der Waals surface area contributed by atoms with Crippen molar-refractivity contribution in [3.8, 4) is 17.3 Å². The van der Waals surface area contributed by atoms with E-state index in [4.69, 9.17) is 11.0 Å². The normalized spacial score (nSPS) is 9.95. The van der Waals surface area contributed by atoms with Gasteiger partial charge in [0.05, 0.1) is 12.7 Å². The van der Waals surface area contributed by atoms with Crippen LogP contribution in [-0.4, -0.2) is 17.6 Å². The molecule has 19 heavy (non-hydrogen) atoms. The zero-order chi connectivity index (χ0) is 14.0. The van der Waals surface area contributed by atoms with E-state index >= 15 is 0 Å². The van der Waals surface area contributed by atoms with Gasteiger partial charge in [0.2, 0.25) is 0 Å². The van der Waals surface area contributed by atoms with Crippen LogP contribution < -0.4 is 5.73 Å². The smallest absolute Gasteiger partial charge is 0.339 e. The summed E-state index contributed by atoms with van der Waals surface area (Å²) in [6.45, 7) is 0. The number of nitriles is 1. The molecule has 0 radical (unpaired) electrons. The maximum atomic E-state index is 11.6. The molecule has 0 amide bonds. The Labute approximate surface area is 110 Å². The van der Waals surface area contributed by atoms with Crippen molar-refractivity contribution >= 4 is 11.7 Å². The lowest BCUT2D eigenvalue weighted by Crippen LogP contribution is -2.06. The number of aromatic nitrogens is 1. The summed E-state index contributed by atoms with van der Waals surface area (Å²) in [5, 5.41) is 8.94. The molecule has 0 spiro atoms. The van der Waals surface area contributed by atoms with Crippen molar-refractivity contribution in [2.45, 2.75) is 0 Å². The number of methoxy groups -OCH3 is 1. The van der Waals surface area contributed by atoms with Gasteiger partial charge in [-0.05, 0) is 29.8 Å². The number of rotatable bonds is 2. The minimum Gasteiger partial charge on any atom is -0.465 e. The van der Waals surface area contributed by atoms with Crippen LogP contribution in [-0.2, 0) is 11.8 Å². The lowest BCUT2D eigenvalue weighted by Gasteiger charge is -2.08. The first-order chi connectivity index (χ1) is 9.08. The Balaban J connectivity index is 2.55. The van der Waals surface area contributed by atoms with Gasteiger partial charge in [-0.25, -0.2) is 4.79 Å². The zero-order valence-electron chi connectivity index (χ0n) is 10.7. The number of anilines is 1. The molecule has 96 valence electrons. The molecule has 0 aliphatic heterocycles. The lowest BCUT2D eigenvalue weighted by molar-refractivity contribution is 0.0602. The number of carbonyl (C=O) groups is 1. The third-order valence-electron chi connectivity index (χ3n) is 2.99. The van der Waals surface area contributed by atoms with Crippen LogP contribution in [0, 0.1) is 11.3 Å². The van der Waals surface area contributed by atoms with Gasteiger partial charge in [0.25, 0.3) is 0 Å². The number of hydrogen-bond acceptors (Lipinski definition) is 4. The van der Waals surface area contributed by atoms with Gasteiger partial charge in [0.1, 0.15) is 11.8 Å². The molecule has 1 aromatic heterocycles. The minimum atomic E-state index is -0.478. The van der Waals surface area contributed by atoms with Crippen LogP contribution >= 0.6 is 0 Å². The molecule has 1 heterocycles. The van der Waals surface area contributed by atoms with E-state index in [1.54, 1.807) is 35.9 Å². The average Bonchev–Trinajstić information content (AvgIpc) is 2.79. The van der Waals surface area contributed by atoms with Crippen molar-refractivity contribution in [3.05, 3.63) is 41.6 Å². The highest BCUT2D eigenvalue weighted by molar-refractivity contribution is 5.96. The largest absolute Gasteiger partial charge is 0.465 e. The van der Waals surface area contributed by atoms with Gasteiger partial charge in [-0.2, -0.15) is 5.26 Å². The molecule has 0 bridgehead atoms. The molecular formula is C14H13N3O2. The molecule has 5 nitrogen and oxygen atoms in total. The van der Waals surface area contributed by atoms with Crippen LogP contribution in [0.25, 0.3) is 11.3 Å². The van der Waals surface area contributed by atoms with E-state index in [1.165, 1.54) is 7.11 Å². The number of nitrogens with zero attached hydrogens (tertiary/aromatic N) is 2. The first kappa shape index (κ1) is 12.7. The molecular weight excluding hydrogens is 242 g/mol. The molecule has 0 atom stereocenters. The third kappa shape index (κ3) is 2.16. The maximum Gasteiger partial charge on any atom is 0.339 e. The van der Waals surface area contributed by atoms with Gasteiger partial charge >= 0.3 is 5.97 Å². The molecule has 2 aromatic rings. The van der Waals surface area contributed by atoms with E-state index in [0.717, 1.165) is 11.3 Å². The summed E-state index contributed by atoms with van der Waals surface area (Å²) in [5.74, 6) is -0.478. The molecule has 2 rings (SSSR count). The quantitative estimate of drug-likeness (QED) is 0.656. The monoisotopic (exact) mass is 255 g/mol. The van der Waals surface area contributed by atoms with Crippen molar-refractivity contribution in [3.63, 3.8) is 0 Å². The van der Waals surface area contributed by atoms with E-state index in [2.05, 4.69) is 10.8 Å². The Morgan fingerprint density at radius 2 is 2.11 bits per heavy atom. The van der Waals surface area contributed by atoms with Crippen molar-refractivity contribution in [1.29, 1.82) is 5.26 Å². The molecule has 1 aromatic carbocycles. The predicted octanol–water partition coefficient (Wildman–Crippen LogP) is 1.93. The fraction of sp³-hybridized carbons (Fsp3) is 0.143. The summed E-state index contributed by atoms with van der Waals surface area (Å²) in [6.07, 6.45) is 0. The second-order valence-corrected chi connectivity index (χ2v) is 4.07. The number of carbonyl (C=O) groups excluding carboxylic acids is 1. The first-order valence-electron chi connectivity index (χ1n) is 5.62. The van der Waals surface area contributed by atoms with Gasteiger partial charge in [-0.3, -0.25) is 0 Å². The molecule has 0 saturated heterocycles. The highest BCUT2D eigenvalue weighted by Gasteiger charge is 2.13. The van der Waals surface area contributed by atoms with Crippen LogP contribution in [0.4, 0.5) is 5.69 Å². The second-order valence-electron chi connectivity index (χ2n) is 4.07. The SMILES string of the molecule is COC(=O)c1cc(-c2ccc(C#N)n2C)ccc1N. The Hall–Kier alpha value is -2.74. The van der Waals surface area contributed by atoms with Crippen LogP contribution in [0.5, 0.6) is 0 Å². The van der Waals surface area contributed by atoms with Crippen LogP contribution in [0.1, 0.15) is 16.1 Å². The molecule has 2 N–H and O–H groups in total. The van der Waals surface area contributed by atoms with Gasteiger partial charge in [-0.15, -0.1) is 0 Å². The van der Waals surface area contributed by atoms with Gasteiger partial charge < -0.3 is 15.0 Å². The molecule has 0 fully saturated rings. The number of nitrogen functional groups attached to an aromatic ring is 1. The van der Waals surface area contributed by atoms with E-state index in [-0.39, 0.29) is 0 Å². The van der Waals surface area contributed by atoms with Crippen molar-refractivity contribution in [2.75, 3.05) is 12.8 Å². The van der Waals surface area contributed by atoms with Crippen molar-refractivity contribution in [1.82, 2.24) is 4.57 Å². The summed E-state index contributed by atoms with van der Waals surface area (Å²) in [4.78, 5) is 11.6. The Bertz CT molecular complexity index is 680. The summed E-state index contributed by atoms with van der Waals surface area (Å²) in [6, 6.07) is 10.8. The van der Waals surface area contributed by atoms with Crippen molar-refractivity contribution in [2.24, 2.45) is 7.05 Å². The highest BCUT2D eigenvalue weighted by atomic mass is 16.5. The fourth-order valence-corrected chi connectivity index (χ4v) is 1.92. The lowest BCUT2D eigenvalue weighted by atomic mass is 10.1. The van der Waals surface area contributed by atoms with Gasteiger partial charge in [0, 0.05) is 18.4 Å². The minimum absolute atomic E-state index is 0.319. The number of hydrogen-bond donors (Lipinski definition) is 1. The number of nitrogens with two attached hydrogens (primary N) is 1. The Kier molecular flexibility index (Phi) is 3.25. The predicted molar refractivity (Wildman–Crippen MR) is 71.3 cm³/mol. The number of ether oxygens (including phenoxy) is 1. The summed E-state index contributed by atoms with van der Waals surface area (Å²) < 4.78 is 6.44. The number of esters is 1. The van der Waals surface area contributed by atoms with Gasteiger partial charge in [0.15, 0.2) is 0 Å². The molecule has 0 aliphatic carbocycles. The average molecular weight is 255 g/mol. The topological polar surface area (TPSA) is 81.0 Å². The fourth-order valence-electron chi connectivity index (χ4n) is 1.92. The van der Waals surface area contributed by atoms with E-state index in [0.29, 0.717) is 16.9 Å². The third-order valence-corrected chi connectivity index (χ3v) is 2.99. The van der Waals surface area contributed by atoms with Crippen molar-refractivity contribution < 1.29 is 9.53 Å². The van der Waals surface area contributed by atoms with E-state index < -0.39 is 5.97 Å². The van der Waals surface area contributed by atoms with Crippen LogP contribution in [0.15, 0.2) is 30.3 Å². The molecule has 0 aliphatic rings. The first-order valence-corrected chi connectivity index (χ1v) is 5.62. The molecule has 5 heteroatoms. The summed E-state index contributed by atoms with van der Waals surface area (Å²) in [7, 11) is 3.10. The van der Waals surface area contributed by atoms with Gasteiger partial charge in [-0.1, -0.05) is 6.07 Å². The second kappa shape index (κ2) is 4.86. The summed E-state index contributed by atoms with van der Waals surface area (Å²) >= 11 is 0. The standard InChI is InChI=1S/C14H13N3O2/c1-17-10(8-15)4-6-13(17)9-3-5-12(16)11(7-9)14(18)19-2/h3-7H,16H2,1-2H3.